The largest absolute Gasteiger partial charge is 0.497 e. The number of carbonyl (C=O) groups is 2. The molecule has 6 heteroatoms. The number of benzene rings is 1. The number of rotatable bonds is 6. The maximum absolute atomic E-state index is 12.8. The minimum absolute atomic E-state index is 0.0817. The highest BCUT2D eigenvalue weighted by Crippen LogP contribution is 2.36. The molecule has 0 radical (unpaired) electrons. The van der Waals surface area contributed by atoms with Crippen LogP contribution in [-0.4, -0.2) is 44.0 Å². The first-order valence-electron chi connectivity index (χ1n) is 8.28. The van der Waals surface area contributed by atoms with Gasteiger partial charge in [-0.15, -0.1) is 0 Å². The molecule has 2 N–H and O–H groups in total. The molecule has 0 unspecified atom stereocenters. The minimum Gasteiger partial charge on any atom is -0.497 e. The molecule has 0 atom stereocenters. The molecule has 24 heavy (non-hydrogen) atoms. The Morgan fingerprint density at radius 2 is 1.67 bits per heavy atom. The van der Waals surface area contributed by atoms with Crippen LogP contribution in [0.1, 0.15) is 43.0 Å². The first-order valence-corrected chi connectivity index (χ1v) is 8.28. The maximum Gasteiger partial charge on any atom is 0.254 e. The molecular weight excluding hydrogens is 308 g/mol. The van der Waals surface area contributed by atoms with Gasteiger partial charge >= 0.3 is 0 Å². The first-order chi connectivity index (χ1) is 11.5. The molecule has 2 rings (SSSR count). The van der Waals surface area contributed by atoms with E-state index < -0.39 is 5.41 Å². The lowest BCUT2D eigenvalue weighted by Crippen LogP contribution is -2.48. The van der Waals surface area contributed by atoms with Crippen molar-refractivity contribution in [3.05, 3.63) is 23.8 Å². The Kier molecular flexibility index (Phi) is 5.70. The molecule has 132 valence electrons. The third-order valence-corrected chi connectivity index (χ3v) is 4.86. The Labute approximate surface area is 142 Å². The average molecular weight is 334 g/mol. The van der Waals surface area contributed by atoms with Gasteiger partial charge in [-0.25, -0.2) is 0 Å². The van der Waals surface area contributed by atoms with Gasteiger partial charge in [0.05, 0.1) is 19.6 Å². The van der Waals surface area contributed by atoms with Crippen LogP contribution in [0.4, 0.5) is 0 Å². The normalized spacial score (nSPS) is 16.5. The second-order valence-corrected chi connectivity index (χ2v) is 6.29. The highest BCUT2D eigenvalue weighted by atomic mass is 16.5. The lowest BCUT2D eigenvalue weighted by atomic mass is 9.74. The fraction of sp³-hybridized carbons (Fsp3) is 0.556. The van der Waals surface area contributed by atoms with Gasteiger partial charge in [-0.2, -0.15) is 0 Å². The van der Waals surface area contributed by atoms with Gasteiger partial charge in [-0.05, 0) is 31.4 Å². The van der Waals surface area contributed by atoms with Crippen molar-refractivity contribution in [2.24, 2.45) is 11.1 Å². The predicted octanol–water partition coefficient (Wildman–Crippen LogP) is 2.21. The van der Waals surface area contributed by atoms with Gasteiger partial charge in [0.1, 0.15) is 11.5 Å². The number of nitrogens with two attached hydrogens (primary N) is 1. The van der Waals surface area contributed by atoms with Crippen LogP contribution in [-0.2, 0) is 4.79 Å². The van der Waals surface area contributed by atoms with Gasteiger partial charge < -0.3 is 20.1 Å². The zero-order valence-electron chi connectivity index (χ0n) is 14.6. The summed E-state index contributed by atoms with van der Waals surface area (Å²) in [5, 5.41) is 0. The molecule has 1 aliphatic heterocycles. The van der Waals surface area contributed by atoms with E-state index in [1.165, 1.54) is 0 Å². The molecule has 1 saturated heterocycles. The molecule has 1 aromatic rings. The monoisotopic (exact) mass is 334 g/mol. The molecule has 0 aromatic heterocycles. The molecule has 1 fully saturated rings. The van der Waals surface area contributed by atoms with E-state index in [0.717, 1.165) is 12.8 Å². The fourth-order valence-electron chi connectivity index (χ4n) is 3.35. The van der Waals surface area contributed by atoms with Crippen LogP contribution < -0.4 is 15.2 Å². The van der Waals surface area contributed by atoms with E-state index in [-0.39, 0.29) is 11.8 Å². The van der Waals surface area contributed by atoms with E-state index in [2.05, 4.69) is 0 Å². The number of carbonyl (C=O) groups excluding carboxylic acids is 2. The number of hydrogen-bond acceptors (Lipinski definition) is 4. The van der Waals surface area contributed by atoms with Crippen LogP contribution in [0, 0.1) is 5.41 Å². The molecule has 0 spiro atoms. The van der Waals surface area contributed by atoms with E-state index in [1.54, 1.807) is 37.3 Å². The Morgan fingerprint density at radius 3 is 2.08 bits per heavy atom. The van der Waals surface area contributed by atoms with Crippen LogP contribution in [0.5, 0.6) is 11.5 Å². The molecule has 0 aliphatic carbocycles. The summed E-state index contributed by atoms with van der Waals surface area (Å²) in [6, 6.07) is 5.13. The molecule has 6 nitrogen and oxygen atoms in total. The molecule has 0 saturated carbocycles. The highest BCUT2D eigenvalue weighted by Gasteiger charge is 2.40. The first kappa shape index (κ1) is 18.1. The van der Waals surface area contributed by atoms with E-state index in [9.17, 15) is 9.59 Å². The van der Waals surface area contributed by atoms with Crippen molar-refractivity contribution in [1.29, 1.82) is 0 Å². The summed E-state index contributed by atoms with van der Waals surface area (Å²) in [7, 11) is 3.10. The van der Waals surface area contributed by atoms with E-state index in [4.69, 9.17) is 15.2 Å². The smallest absolute Gasteiger partial charge is 0.254 e. The van der Waals surface area contributed by atoms with Crippen molar-refractivity contribution < 1.29 is 19.1 Å². The second kappa shape index (κ2) is 7.55. The van der Waals surface area contributed by atoms with Crippen molar-refractivity contribution >= 4 is 11.8 Å². The van der Waals surface area contributed by atoms with Crippen molar-refractivity contribution in [2.45, 2.75) is 32.6 Å². The lowest BCUT2D eigenvalue weighted by Gasteiger charge is -2.39. The van der Waals surface area contributed by atoms with Gasteiger partial charge in [0.2, 0.25) is 5.91 Å². The molecular formula is C18H26N2O4. The molecule has 2 amide bonds. The standard InChI is InChI=1S/C18H26N2O4/c1-4-5-18(17(19)22)6-8-20(9-7-18)16(21)13-10-14(23-2)12-15(11-13)24-3/h10-12H,4-9H2,1-3H3,(H2,19,22). The van der Waals surface area contributed by atoms with Crippen LogP contribution in [0.25, 0.3) is 0 Å². The van der Waals surface area contributed by atoms with Crippen molar-refractivity contribution in [1.82, 2.24) is 4.90 Å². The van der Waals surface area contributed by atoms with Gasteiger partial charge in [0.25, 0.3) is 5.91 Å². The summed E-state index contributed by atoms with van der Waals surface area (Å²) in [6.45, 7) is 3.10. The average Bonchev–Trinajstić information content (AvgIpc) is 2.61. The van der Waals surface area contributed by atoms with Crippen molar-refractivity contribution in [3.8, 4) is 11.5 Å². The lowest BCUT2D eigenvalue weighted by molar-refractivity contribution is -0.130. The Bertz CT molecular complexity index is 585. The highest BCUT2D eigenvalue weighted by molar-refractivity contribution is 5.95. The summed E-state index contributed by atoms with van der Waals surface area (Å²) in [6.07, 6.45) is 2.91. The van der Waals surface area contributed by atoms with Gasteiger partial charge in [0, 0.05) is 24.7 Å². The zero-order chi connectivity index (χ0) is 17.7. The number of amides is 2. The Morgan fingerprint density at radius 1 is 1.12 bits per heavy atom. The topological polar surface area (TPSA) is 81.9 Å². The summed E-state index contributed by atoms with van der Waals surface area (Å²) in [5.41, 5.74) is 5.67. The number of nitrogens with zero attached hydrogens (tertiary/aromatic N) is 1. The van der Waals surface area contributed by atoms with Gasteiger partial charge in [0.15, 0.2) is 0 Å². The Balaban J connectivity index is 2.14. The summed E-state index contributed by atoms with van der Waals surface area (Å²) in [5.74, 6) is 0.820. The molecule has 1 aliphatic rings. The summed E-state index contributed by atoms with van der Waals surface area (Å²) in [4.78, 5) is 26.4. The van der Waals surface area contributed by atoms with E-state index >= 15 is 0 Å². The minimum atomic E-state index is -0.475. The van der Waals surface area contributed by atoms with E-state index in [0.29, 0.717) is 43.0 Å². The number of piperidine rings is 1. The molecule has 1 heterocycles. The van der Waals surface area contributed by atoms with Crippen LogP contribution in [0.15, 0.2) is 18.2 Å². The van der Waals surface area contributed by atoms with Gasteiger partial charge in [-0.1, -0.05) is 13.3 Å². The molecule has 0 bridgehead atoms. The second-order valence-electron chi connectivity index (χ2n) is 6.29. The number of ether oxygens (including phenoxy) is 2. The van der Waals surface area contributed by atoms with Gasteiger partial charge in [-0.3, -0.25) is 9.59 Å². The van der Waals surface area contributed by atoms with Crippen LogP contribution in [0.3, 0.4) is 0 Å². The SMILES string of the molecule is CCCC1(C(N)=O)CCN(C(=O)c2cc(OC)cc(OC)c2)CC1. The quantitative estimate of drug-likeness (QED) is 0.865. The van der Waals surface area contributed by atoms with Crippen LogP contribution in [0.2, 0.25) is 0 Å². The summed E-state index contributed by atoms with van der Waals surface area (Å²) >= 11 is 0. The fourth-order valence-corrected chi connectivity index (χ4v) is 3.35. The Hall–Kier alpha value is -2.24. The summed E-state index contributed by atoms with van der Waals surface area (Å²) < 4.78 is 10.4. The number of likely N-dealkylation sites (tertiary alicyclic amines) is 1. The predicted molar refractivity (Wildman–Crippen MR) is 91.2 cm³/mol. The van der Waals surface area contributed by atoms with Crippen molar-refractivity contribution in [3.63, 3.8) is 0 Å². The van der Waals surface area contributed by atoms with Crippen molar-refractivity contribution in [2.75, 3.05) is 27.3 Å². The maximum atomic E-state index is 12.8. The van der Waals surface area contributed by atoms with E-state index in [1.807, 2.05) is 6.92 Å². The zero-order valence-corrected chi connectivity index (χ0v) is 14.6. The number of methoxy groups -OCH3 is 2. The number of hydrogen-bond donors (Lipinski definition) is 1. The third kappa shape index (κ3) is 3.63. The third-order valence-electron chi connectivity index (χ3n) is 4.86. The molecule has 1 aromatic carbocycles. The number of primary amides is 1. The van der Waals surface area contributed by atoms with Crippen LogP contribution >= 0.6 is 0 Å².